The van der Waals surface area contributed by atoms with Gasteiger partial charge in [0.2, 0.25) is 0 Å². The maximum absolute atomic E-state index is 11.0. The van der Waals surface area contributed by atoms with Gasteiger partial charge in [-0.3, -0.25) is 4.79 Å². The molecule has 13 heavy (non-hydrogen) atoms. The van der Waals surface area contributed by atoms with Crippen molar-refractivity contribution < 1.29 is 9.90 Å². The summed E-state index contributed by atoms with van der Waals surface area (Å²) in [6.45, 7) is 0. The first kappa shape index (κ1) is 8.81. The van der Waals surface area contributed by atoms with Gasteiger partial charge >= 0.3 is 0 Å². The Kier molecular flexibility index (Phi) is 1.95. The average molecular weight is 218 g/mol. The van der Waals surface area contributed by atoms with Gasteiger partial charge in [-0.2, -0.15) is 0 Å². The fraction of sp³-hybridized carbons (Fsp3) is 0.125. The lowest BCUT2D eigenvalue weighted by Gasteiger charge is -2.02. The van der Waals surface area contributed by atoms with Gasteiger partial charge in [-0.15, -0.1) is 0 Å². The largest absolute Gasteiger partial charge is 0.378 e. The topological polar surface area (TPSA) is 49.3 Å². The zero-order valence-corrected chi connectivity index (χ0v) is 7.86. The Morgan fingerprint density at radius 2 is 1.92 bits per heavy atom. The number of aliphatic hydroxyl groups excluding tert-OH is 1. The first-order valence-electron chi connectivity index (χ1n) is 3.57. The first-order chi connectivity index (χ1) is 6.09. The Morgan fingerprint density at radius 3 is 2.62 bits per heavy atom. The average Bonchev–Trinajstić information content (AvgIpc) is 2.32. The molecule has 0 saturated heterocycles. The van der Waals surface area contributed by atoms with Gasteiger partial charge in [-0.25, -0.2) is 0 Å². The highest BCUT2D eigenvalue weighted by molar-refractivity contribution is 6.42. The Morgan fingerprint density at radius 1 is 1.31 bits per heavy atom. The van der Waals surface area contributed by atoms with Crippen LogP contribution in [-0.4, -0.2) is 11.0 Å². The van der Waals surface area contributed by atoms with Crippen LogP contribution in [0, 0.1) is 0 Å². The van der Waals surface area contributed by atoms with E-state index in [0.29, 0.717) is 21.3 Å². The highest BCUT2D eigenvalue weighted by Crippen LogP contribution is 2.36. The molecule has 1 heterocycles. The SMILES string of the molecule is O=C1Nc2cc(Cl)c(Cl)cc2C1O. The lowest BCUT2D eigenvalue weighted by molar-refractivity contribution is -0.123. The number of nitrogens with one attached hydrogen (secondary N) is 1. The Hall–Kier alpha value is -0.770. The van der Waals surface area contributed by atoms with Crippen molar-refractivity contribution in [3.63, 3.8) is 0 Å². The Bertz CT molecular complexity index is 392. The Balaban J connectivity index is 2.59. The van der Waals surface area contributed by atoms with Crippen molar-refractivity contribution in [3.05, 3.63) is 27.7 Å². The summed E-state index contributed by atoms with van der Waals surface area (Å²) in [6.07, 6.45) is -1.13. The molecule has 0 aromatic heterocycles. The molecule has 68 valence electrons. The monoisotopic (exact) mass is 217 g/mol. The van der Waals surface area contributed by atoms with Crippen molar-refractivity contribution in [2.75, 3.05) is 5.32 Å². The Labute approximate surface area is 84.3 Å². The second-order valence-electron chi connectivity index (χ2n) is 2.75. The van der Waals surface area contributed by atoms with Crippen molar-refractivity contribution in [3.8, 4) is 0 Å². The number of hydrogen-bond donors (Lipinski definition) is 2. The maximum Gasteiger partial charge on any atom is 0.257 e. The minimum absolute atomic E-state index is 0.330. The summed E-state index contributed by atoms with van der Waals surface area (Å²) in [4.78, 5) is 11.0. The molecule has 0 bridgehead atoms. The number of anilines is 1. The van der Waals surface area contributed by atoms with Crippen molar-refractivity contribution in [1.82, 2.24) is 0 Å². The number of halogens is 2. The molecule has 1 aromatic carbocycles. The molecule has 1 amide bonds. The van der Waals surface area contributed by atoms with E-state index in [4.69, 9.17) is 23.2 Å². The zero-order valence-electron chi connectivity index (χ0n) is 6.34. The third-order valence-electron chi connectivity index (χ3n) is 1.89. The third-order valence-corrected chi connectivity index (χ3v) is 2.62. The number of carbonyl (C=O) groups excluding carboxylic acids is 1. The summed E-state index contributed by atoms with van der Waals surface area (Å²) < 4.78 is 0. The van der Waals surface area contributed by atoms with Crippen LogP contribution in [0.15, 0.2) is 12.1 Å². The van der Waals surface area contributed by atoms with Gasteiger partial charge in [-0.1, -0.05) is 23.2 Å². The molecular formula is C8H5Cl2NO2. The molecule has 0 aliphatic carbocycles. The number of amides is 1. The fourth-order valence-electron chi connectivity index (χ4n) is 1.24. The van der Waals surface area contributed by atoms with Gasteiger partial charge in [-0.05, 0) is 12.1 Å². The van der Waals surface area contributed by atoms with Gasteiger partial charge in [0.15, 0.2) is 6.10 Å². The molecule has 0 fully saturated rings. The molecule has 1 aliphatic rings. The molecule has 2 rings (SSSR count). The van der Waals surface area contributed by atoms with Crippen LogP contribution in [0.4, 0.5) is 5.69 Å². The van der Waals surface area contributed by atoms with E-state index < -0.39 is 12.0 Å². The van der Waals surface area contributed by atoms with E-state index >= 15 is 0 Å². The summed E-state index contributed by atoms with van der Waals surface area (Å²) in [6, 6.07) is 3.01. The van der Waals surface area contributed by atoms with Crippen molar-refractivity contribution in [2.24, 2.45) is 0 Å². The predicted molar refractivity (Wildman–Crippen MR) is 50.1 cm³/mol. The molecule has 3 nitrogen and oxygen atoms in total. The fourth-order valence-corrected chi connectivity index (χ4v) is 1.57. The molecule has 2 N–H and O–H groups in total. The number of benzene rings is 1. The van der Waals surface area contributed by atoms with E-state index in [9.17, 15) is 9.90 Å². The van der Waals surface area contributed by atoms with E-state index in [0.717, 1.165) is 0 Å². The number of aliphatic hydroxyl groups is 1. The molecule has 1 unspecified atom stereocenters. The van der Waals surface area contributed by atoms with E-state index in [1.54, 1.807) is 0 Å². The van der Waals surface area contributed by atoms with E-state index in [-0.39, 0.29) is 0 Å². The van der Waals surface area contributed by atoms with Gasteiger partial charge in [0.1, 0.15) is 0 Å². The predicted octanol–water partition coefficient (Wildman–Crippen LogP) is 1.98. The van der Waals surface area contributed by atoms with Crippen LogP contribution in [0.5, 0.6) is 0 Å². The lowest BCUT2D eigenvalue weighted by atomic mass is 10.1. The van der Waals surface area contributed by atoms with Crippen LogP contribution in [0.25, 0.3) is 0 Å². The minimum atomic E-state index is -1.13. The molecule has 1 atom stereocenters. The quantitative estimate of drug-likeness (QED) is 0.699. The lowest BCUT2D eigenvalue weighted by Crippen LogP contribution is -2.10. The highest BCUT2D eigenvalue weighted by atomic mass is 35.5. The molecule has 0 saturated carbocycles. The summed E-state index contributed by atoms with van der Waals surface area (Å²) in [7, 11) is 0. The van der Waals surface area contributed by atoms with Crippen LogP contribution in [0.1, 0.15) is 11.7 Å². The van der Waals surface area contributed by atoms with Gasteiger partial charge in [0.25, 0.3) is 5.91 Å². The number of hydrogen-bond acceptors (Lipinski definition) is 2. The molecule has 1 aromatic rings. The van der Waals surface area contributed by atoms with Crippen LogP contribution in [0.3, 0.4) is 0 Å². The number of rotatable bonds is 0. The minimum Gasteiger partial charge on any atom is -0.378 e. The van der Waals surface area contributed by atoms with Crippen LogP contribution >= 0.6 is 23.2 Å². The number of carbonyl (C=O) groups is 1. The van der Waals surface area contributed by atoms with Crippen molar-refractivity contribution >= 4 is 34.8 Å². The normalized spacial score (nSPS) is 19.9. The molecule has 0 radical (unpaired) electrons. The van der Waals surface area contributed by atoms with Gasteiger partial charge in [0.05, 0.1) is 10.0 Å². The number of fused-ring (bicyclic) bond motifs is 1. The van der Waals surface area contributed by atoms with E-state index in [1.165, 1.54) is 12.1 Å². The summed E-state index contributed by atoms with van der Waals surface area (Å²) in [5.74, 6) is -0.451. The van der Waals surface area contributed by atoms with Crippen molar-refractivity contribution in [2.45, 2.75) is 6.10 Å². The van der Waals surface area contributed by atoms with Crippen LogP contribution in [0.2, 0.25) is 10.0 Å². The second-order valence-corrected chi connectivity index (χ2v) is 3.56. The molecule has 0 spiro atoms. The molecule has 1 aliphatic heterocycles. The smallest absolute Gasteiger partial charge is 0.257 e. The zero-order chi connectivity index (χ0) is 9.59. The standard InChI is InChI=1S/C8H5Cl2NO2/c9-4-1-3-6(2-5(4)10)11-8(13)7(3)12/h1-2,7,12H,(H,11,13). The van der Waals surface area contributed by atoms with Gasteiger partial charge < -0.3 is 10.4 Å². The summed E-state index contributed by atoms with van der Waals surface area (Å²) in [5, 5.41) is 12.5. The van der Waals surface area contributed by atoms with Crippen LogP contribution < -0.4 is 5.32 Å². The summed E-state index contributed by atoms with van der Waals surface area (Å²) in [5.41, 5.74) is 0.992. The third kappa shape index (κ3) is 1.29. The first-order valence-corrected chi connectivity index (χ1v) is 4.33. The van der Waals surface area contributed by atoms with E-state index in [1.807, 2.05) is 0 Å². The van der Waals surface area contributed by atoms with Crippen LogP contribution in [-0.2, 0) is 4.79 Å². The second kappa shape index (κ2) is 2.87. The highest BCUT2D eigenvalue weighted by Gasteiger charge is 2.29. The molecule has 5 heteroatoms. The van der Waals surface area contributed by atoms with Crippen molar-refractivity contribution in [1.29, 1.82) is 0 Å². The summed E-state index contributed by atoms with van der Waals surface area (Å²) >= 11 is 11.4. The molecular weight excluding hydrogens is 213 g/mol. The van der Waals surface area contributed by atoms with Gasteiger partial charge in [0, 0.05) is 11.3 Å². The maximum atomic E-state index is 11.0. The van der Waals surface area contributed by atoms with E-state index in [2.05, 4.69) is 5.32 Å².